The van der Waals surface area contributed by atoms with E-state index < -0.39 is 0 Å². The number of rotatable bonds is 7. The summed E-state index contributed by atoms with van der Waals surface area (Å²) in [7, 11) is 0. The van der Waals surface area contributed by atoms with Crippen molar-refractivity contribution in [2.24, 2.45) is 0 Å². The molecule has 0 unspecified atom stereocenters. The summed E-state index contributed by atoms with van der Waals surface area (Å²) in [4.78, 5) is 2.34. The van der Waals surface area contributed by atoms with E-state index in [0.717, 1.165) is 45.1 Å². The third-order valence-electron chi connectivity index (χ3n) is 10.4. The smallest absolute Gasteiger partial charge is 0.135 e. The van der Waals surface area contributed by atoms with Gasteiger partial charge in [-0.2, -0.15) is 0 Å². The molecule has 0 bridgehead atoms. The minimum Gasteiger partial charge on any atom is -0.456 e. The van der Waals surface area contributed by atoms with E-state index in [0.29, 0.717) is 0 Å². The Morgan fingerprint density at radius 3 is 1.61 bits per heavy atom. The van der Waals surface area contributed by atoms with Crippen LogP contribution in [-0.2, 0) is 0 Å². The van der Waals surface area contributed by atoms with Gasteiger partial charge < -0.3 is 9.64 Å². The first-order chi connectivity index (χ1) is 26.8. The third kappa shape index (κ3) is 5.71. The lowest BCUT2D eigenvalue weighted by Gasteiger charge is -2.26. The van der Waals surface area contributed by atoms with Crippen LogP contribution in [0.3, 0.4) is 0 Å². The summed E-state index contributed by atoms with van der Waals surface area (Å²) in [6.07, 6.45) is 0. The summed E-state index contributed by atoms with van der Waals surface area (Å²) in [5.74, 6) is 1.80. The second-order valence-corrected chi connectivity index (χ2v) is 13.7. The normalized spacial score (nSPS) is 11.5. The maximum atomic E-state index is 6.32. The highest BCUT2D eigenvalue weighted by Crippen LogP contribution is 2.48. The molecule has 10 rings (SSSR count). The number of benzene rings is 9. The number of hydrogen-bond donors (Lipinski definition) is 0. The van der Waals surface area contributed by atoms with Crippen LogP contribution in [0.15, 0.2) is 212 Å². The number of ether oxygens (including phenoxy) is 1. The lowest BCUT2D eigenvalue weighted by atomic mass is 9.90. The molecule has 1 aliphatic heterocycles. The van der Waals surface area contributed by atoms with Crippen LogP contribution in [-0.4, -0.2) is 0 Å². The van der Waals surface area contributed by atoms with E-state index in [-0.39, 0.29) is 0 Å². The molecular formula is C52H35NO. The maximum Gasteiger partial charge on any atom is 0.135 e. The fraction of sp³-hybridized carbons (Fsp3) is 0. The molecule has 0 saturated carbocycles. The molecule has 0 amide bonds. The highest BCUT2D eigenvalue weighted by atomic mass is 16.5. The van der Waals surface area contributed by atoms with Gasteiger partial charge in [-0.3, -0.25) is 0 Å². The summed E-state index contributed by atoms with van der Waals surface area (Å²) < 4.78 is 6.32. The van der Waals surface area contributed by atoms with Gasteiger partial charge in [-0.25, -0.2) is 0 Å². The first-order valence-electron chi connectivity index (χ1n) is 18.4. The second-order valence-electron chi connectivity index (χ2n) is 13.7. The molecule has 0 N–H and O–H groups in total. The van der Waals surface area contributed by atoms with E-state index in [4.69, 9.17) is 4.74 Å². The van der Waals surface area contributed by atoms with E-state index in [1.165, 1.54) is 49.9 Å². The van der Waals surface area contributed by atoms with Crippen molar-refractivity contribution in [3.63, 3.8) is 0 Å². The largest absolute Gasteiger partial charge is 0.456 e. The maximum absolute atomic E-state index is 6.32. The highest BCUT2D eigenvalue weighted by molar-refractivity contribution is 6.06. The molecule has 0 fully saturated rings. The summed E-state index contributed by atoms with van der Waals surface area (Å²) in [5.41, 5.74) is 15.2. The van der Waals surface area contributed by atoms with Crippen LogP contribution in [0.25, 0.3) is 66.4 Å². The average molecular weight is 690 g/mol. The van der Waals surface area contributed by atoms with Gasteiger partial charge in [-0.1, -0.05) is 146 Å². The molecule has 254 valence electrons. The molecule has 0 aliphatic carbocycles. The van der Waals surface area contributed by atoms with Gasteiger partial charge in [0.1, 0.15) is 11.5 Å². The summed E-state index contributed by atoms with van der Waals surface area (Å²) in [6.45, 7) is 0. The van der Waals surface area contributed by atoms with Gasteiger partial charge in [0, 0.05) is 28.0 Å². The lowest BCUT2D eigenvalue weighted by Crippen LogP contribution is -2.09. The van der Waals surface area contributed by atoms with Crippen molar-refractivity contribution in [3.8, 4) is 67.1 Å². The molecule has 54 heavy (non-hydrogen) atoms. The van der Waals surface area contributed by atoms with E-state index in [1.807, 2.05) is 6.07 Å². The monoisotopic (exact) mass is 689 g/mol. The van der Waals surface area contributed by atoms with Crippen LogP contribution < -0.4 is 9.64 Å². The molecule has 0 atom stereocenters. The number of para-hydroxylation sites is 2. The first kappa shape index (κ1) is 31.6. The predicted molar refractivity (Wildman–Crippen MR) is 226 cm³/mol. The molecule has 0 radical (unpaired) electrons. The molecule has 2 nitrogen and oxygen atoms in total. The van der Waals surface area contributed by atoms with Crippen molar-refractivity contribution in [3.05, 3.63) is 212 Å². The van der Waals surface area contributed by atoms with Gasteiger partial charge in [-0.05, 0) is 122 Å². The first-order valence-corrected chi connectivity index (χ1v) is 18.4. The number of anilines is 3. The van der Waals surface area contributed by atoms with Gasteiger partial charge in [0.25, 0.3) is 0 Å². The number of fused-ring (bicyclic) bond motifs is 2. The SMILES string of the molecule is c1ccc(-c2ccc(-c3ccc(N(c4ccccc4)c4cccc(-c5cc6c7c(cccc7c5)Oc5ccccc5-6)c4)cc3)cc2-c2ccccc2)cc1. The van der Waals surface area contributed by atoms with E-state index in [9.17, 15) is 0 Å². The van der Waals surface area contributed by atoms with Gasteiger partial charge >= 0.3 is 0 Å². The van der Waals surface area contributed by atoms with Crippen LogP contribution in [0.5, 0.6) is 11.5 Å². The molecule has 0 spiro atoms. The third-order valence-corrected chi connectivity index (χ3v) is 10.4. The van der Waals surface area contributed by atoms with Crippen LogP contribution in [0.1, 0.15) is 0 Å². The Morgan fingerprint density at radius 1 is 0.278 bits per heavy atom. The van der Waals surface area contributed by atoms with E-state index in [2.05, 4.69) is 211 Å². The molecule has 9 aromatic carbocycles. The van der Waals surface area contributed by atoms with Crippen LogP contribution in [0, 0.1) is 0 Å². The zero-order valence-electron chi connectivity index (χ0n) is 29.6. The quantitative estimate of drug-likeness (QED) is 0.165. The van der Waals surface area contributed by atoms with Crippen LogP contribution >= 0.6 is 0 Å². The average Bonchev–Trinajstić information content (AvgIpc) is 3.25. The van der Waals surface area contributed by atoms with Crippen molar-refractivity contribution in [2.45, 2.75) is 0 Å². The molecule has 2 heteroatoms. The van der Waals surface area contributed by atoms with E-state index in [1.54, 1.807) is 0 Å². The van der Waals surface area contributed by atoms with Crippen molar-refractivity contribution < 1.29 is 4.74 Å². The highest BCUT2D eigenvalue weighted by Gasteiger charge is 2.21. The molecule has 9 aromatic rings. The van der Waals surface area contributed by atoms with Crippen molar-refractivity contribution in [1.29, 1.82) is 0 Å². The summed E-state index contributed by atoms with van der Waals surface area (Å²) >= 11 is 0. The van der Waals surface area contributed by atoms with Crippen molar-refractivity contribution in [2.75, 3.05) is 4.90 Å². The Kier molecular flexibility index (Phi) is 7.85. The van der Waals surface area contributed by atoms with Gasteiger partial charge in [0.05, 0.1) is 0 Å². The fourth-order valence-corrected chi connectivity index (χ4v) is 7.86. The molecule has 0 saturated heterocycles. The predicted octanol–water partition coefficient (Wildman–Crippen LogP) is 14.8. The zero-order chi connectivity index (χ0) is 35.8. The summed E-state index contributed by atoms with van der Waals surface area (Å²) in [6, 6.07) is 75.9. The molecule has 1 aliphatic rings. The molecule has 1 heterocycles. The summed E-state index contributed by atoms with van der Waals surface area (Å²) in [5, 5.41) is 2.33. The Bertz CT molecular complexity index is 2770. The minimum absolute atomic E-state index is 0.894. The fourth-order valence-electron chi connectivity index (χ4n) is 7.86. The van der Waals surface area contributed by atoms with E-state index >= 15 is 0 Å². The topological polar surface area (TPSA) is 12.5 Å². The number of hydrogen-bond acceptors (Lipinski definition) is 2. The van der Waals surface area contributed by atoms with Crippen molar-refractivity contribution in [1.82, 2.24) is 0 Å². The van der Waals surface area contributed by atoms with Gasteiger partial charge in [-0.15, -0.1) is 0 Å². The zero-order valence-corrected chi connectivity index (χ0v) is 29.6. The molecular weight excluding hydrogens is 655 g/mol. The van der Waals surface area contributed by atoms with Crippen LogP contribution in [0.2, 0.25) is 0 Å². The Balaban J connectivity index is 1.05. The van der Waals surface area contributed by atoms with Gasteiger partial charge in [0.2, 0.25) is 0 Å². The minimum atomic E-state index is 0.894. The van der Waals surface area contributed by atoms with Crippen LogP contribution in [0.4, 0.5) is 17.1 Å². The lowest BCUT2D eigenvalue weighted by molar-refractivity contribution is 0.487. The Morgan fingerprint density at radius 2 is 0.833 bits per heavy atom. The van der Waals surface area contributed by atoms with Crippen molar-refractivity contribution >= 4 is 27.8 Å². The number of nitrogens with zero attached hydrogens (tertiary/aromatic N) is 1. The Hall–Kier alpha value is -7.16. The standard InChI is InChI=1S/C52H35NO/c1-4-14-37(15-5-1)46-31-28-40(34-48(46)38-16-6-2-7-17-38)36-26-29-44(30-27-36)53(43-20-8-3-9-21-43)45-22-12-18-39(33-45)42-32-41-19-13-25-51-52(41)49(35-42)47-23-10-11-24-50(47)54-51/h1-35H. The second kappa shape index (κ2) is 13.4. The Labute approximate surface area is 315 Å². The molecule has 0 aromatic heterocycles. The van der Waals surface area contributed by atoms with Gasteiger partial charge in [0.15, 0.2) is 0 Å².